The van der Waals surface area contributed by atoms with E-state index < -0.39 is 0 Å². The zero-order valence-corrected chi connectivity index (χ0v) is 10.4. The van der Waals surface area contributed by atoms with Crippen LogP contribution in [0.5, 0.6) is 11.5 Å². The number of methoxy groups -OCH3 is 2. The molecule has 94 valence electrons. The lowest BCUT2D eigenvalue weighted by molar-refractivity contribution is -0.132. The molecule has 1 aliphatic rings. The number of ether oxygens (including phenoxy) is 3. The summed E-state index contributed by atoms with van der Waals surface area (Å²) >= 11 is 0. The molecule has 18 heavy (non-hydrogen) atoms. The van der Waals surface area contributed by atoms with Gasteiger partial charge in [-0.15, -0.1) is 0 Å². The van der Waals surface area contributed by atoms with E-state index in [9.17, 15) is 4.79 Å². The number of hydrogen-bond acceptors (Lipinski definition) is 4. The molecule has 0 aliphatic carbocycles. The van der Waals surface area contributed by atoms with E-state index in [-0.39, 0.29) is 5.97 Å². The van der Waals surface area contributed by atoms with Gasteiger partial charge in [0.1, 0.15) is 5.76 Å². The van der Waals surface area contributed by atoms with Crippen LogP contribution in [0.15, 0.2) is 42.2 Å². The SMILES string of the molecule is C=C1OC(=O)C=C1Cc1ccc(OC)c(OC)c1. The van der Waals surface area contributed by atoms with Crippen molar-refractivity contribution >= 4 is 5.97 Å². The molecule has 0 N–H and O–H groups in total. The van der Waals surface area contributed by atoms with Gasteiger partial charge in [0.15, 0.2) is 11.5 Å². The van der Waals surface area contributed by atoms with Gasteiger partial charge in [-0.25, -0.2) is 4.79 Å². The van der Waals surface area contributed by atoms with Gasteiger partial charge in [0.05, 0.1) is 14.2 Å². The summed E-state index contributed by atoms with van der Waals surface area (Å²) in [7, 11) is 3.17. The van der Waals surface area contributed by atoms with Crippen LogP contribution >= 0.6 is 0 Å². The topological polar surface area (TPSA) is 44.8 Å². The Bertz CT molecular complexity index is 529. The molecule has 0 spiro atoms. The molecule has 1 aromatic rings. The third-order valence-electron chi connectivity index (χ3n) is 2.72. The summed E-state index contributed by atoms with van der Waals surface area (Å²) in [4.78, 5) is 11.1. The number of carbonyl (C=O) groups excluding carboxylic acids is 1. The first kappa shape index (κ1) is 12.2. The number of rotatable bonds is 4. The van der Waals surface area contributed by atoms with E-state index in [0.29, 0.717) is 23.7 Å². The van der Waals surface area contributed by atoms with Crippen molar-refractivity contribution in [3.63, 3.8) is 0 Å². The molecule has 0 bridgehead atoms. The van der Waals surface area contributed by atoms with Crippen molar-refractivity contribution < 1.29 is 19.0 Å². The molecule has 1 aromatic carbocycles. The lowest BCUT2D eigenvalue weighted by Crippen LogP contribution is -1.95. The molecule has 1 heterocycles. The smallest absolute Gasteiger partial charge is 0.336 e. The highest BCUT2D eigenvalue weighted by Gasteiger charge is 2.18. The largest absolute Gasteiger partial charge is 0.493 e. The molecule has 0 fully saturated rings. The predicted octanol–water partition coefficient (Wildman–Crippen LogP) is 2.24. The molecule has 2 rings (SSSR count). The predicted molar refractivity (Wildman–Crippen MR) is 66.6 cm³/mol. The summed E-state index contributed by atoms with van der Waals surface area (Å²) in [6, 6.07) is 5.61. The normalized spacial score (nSPS) is 14.2. The fourth-order valence-corrected chi connectivity index (χ4v) is 1.80. The highest BCUT2D eigenvalue weighted by molar-refractivity contribution is 5.88. The van der Waals surface area contributed by atoms with Crippen molar-refractivity contribution in [3.05, 3.63) is 47.7 Å². The lowest BCUT2D eigenvalue weighted by atomic mass is 10.0. The van der Waals surface area contributed by atoms with E-state index in [1.807, 2.05) is 18.2 Å². The maximum atomic E-state index is 11.1. The number of benzene rings is 1. The lowest BCUT2D eigenvalue weighted by Gasteiger charge is -2.09. The molecule has 4 heteroatoms. The van der Waals surface area contributed by atoms with Crippen LogP contribution in [0.2, 0.25) is 0 Å². The highest BCUT2D eigenvalue weighted by atomic mass is 16.5. The molecule has 0 aromatic heterocycles. The van der Waals surface area contributed by atoms with Crippen LogP contribution in [0.3, 0.4) is 0 Å². The summed E-state index contributed by atoms with van der Waals surface area (Å²) in [6.45, 7) is 3.69. The van der Waals surface area contributed by atoms with Crippen LogP contribution in [0.25, 0.3) is 0 Å². The molecule has 1 aliphatic heterocycles. The molecule has 0 saturated heterocycles. The molecule has 0 saturated carbocycles. The number of allylic oxidation sites excluding steroid dienone is 1. The summed E-state index contributed by atoms with van der Waals surface area (Å²) < 4.78 is 15.3. The van der Waals surface area contributed by atoms with E-state index in [4.69, 9.17) is 14.2 Å². The number of cyclic esters (lactones) is 1. The van der Waals surface area contributed by atoms with E-state index in [2.05, 4.69) is 6.58 Å². The quantitative estimate of drug-likeness (QED) is 0.764. The van der Waals surface area contributed by atoms with Crippen LogP contribution in [0.4, 0.5) is 0 Å². The molecular weight excluding hydrogens is 232 g/mol. The van der Waals surface area contributed by atoms with Crippen molar-refractivity contribution in [1.82, 2.24) is 0 Å². The first-order valence-corrected chi connectivity index (χ1v) is 5.46. The average Bonchev–Trinajstić information content (AvgIpc) is 2.67. The van der Waals surface area contributed by atoms with Gasteiger partial charge in [-0.3, -0.25) is 0 Å². The van der Waals surface area contributed by atoms with Crippen molar-refractivity contribution in [2.24, 2.45) is 0 Å². The van der Waals surface area contributed by atoms with E-state index in [0.717, 1.165) is 11.1 Å². The Morgan fingerprint density at radius 1 is 1.22 bits per heavy atom. The van der Waals surface area contributed by atoms with Crippen LogP contribution in [-0.4, -0.2) is 20.2 Å². The van der Waals surface area contributed by atoms with Gasteiger partial charge in [0.25, 0.3) is 0 Å². The zero-order valence-electron chi connectivity index (χ0n) is 10.4. The number of carbonyl (C=O) groups is 1. The number of esters is 1. The van der Waals surface area contributed by atoms with Crippen LogP contribution in [0.1, 0.15) is 5.56 Å². The molecular formula is C14H14O4. The van der Waals surface area contributed by atoms with E-state index in [1.165, 1.54) is 6.08 Å². The van der Waals surface area contributed by atoms with Gasteiger partial charge in [-0.2, -0.15) is 0 Å². The summed E-state index contributed by atoms with van der Waals surface area (Å²) in [5.41, 5.74) is 1.78. The first-order chi connectivity index (χ1) is 8.63. The van der Waals surface area contributed by atoms with Crippen LogP contribution in [0, 0.1) is 0 Å². The van der Waals surface area contributed by atoms with Crippen molar-refractivity contribution in [2.75, 3.05) is 14.2 Å². The summed E-state index contributed by atoms with van der Waals surface area (Å²) in [5, 5.41) is 0. The van der Waals surface area contributed by atoms with Gasteiger partial charge in [-0.1, -0.05) is 12.6 Å². The van der Waals surface area contributed by atoms with Crippen molar-refractivity contribution in [1.29, 1.82) is 0 Å². The highest BCUT2D eigenvalue weighted by Crippen LogP contribution is 2.30. The Hall–Kier alpha value is -2.23. The molecule has 0 atom stereocenters. The minimum Gasteiger partial charge on any atom is -0.493 e. The summed E-state index contributed by atoms with van der Waals surface area (Å²) in [6.07, 6.45) is 2.03. The van der Waals surface area contributed by atoms with E-state index in [1.54, 1.807) is 14.2 Å². The Morgan fingerprint density at radius 2 is 1.94 bits per heavy atom. The van der Waals surface area contributed by atoms with Gasteiger partial charge < -0.3 is 14.2 Å². The van der Waals surface area contributed by atoms with Crippen LogP contribution in [-0.2, 0) is 16.0 Å². The minimum absolute atomic E-state index is 0.365. The van der Waals surface area contributed by atoms with Gasteiger partial charge in [0, 0.05) is 18.1 Å². The zero-order chi connectivity index (χ0) is 13.1. The van der Waals surface area contributed by atoms with Gasteiger partial charge >= 0.3 is 5.97 Å². The first-order valence-electron chi connectivity index (χ1n) is 5.46. The second-order valence-electron chi connectivity index (χ2n) is 3.88. The standard InChI is InChI=1S/C14H14O4/c1-9-11(8-14(15)18-9)6-10-4-5-12(16-2)13(7-10)17-3/h4-5,7-8H,1,6H2,2-3H3. The Labute approximate surface area is 105 Å². The maximum absolute atomic E-state index is 11.1. The Balaban J connectivity index is 2.22. The third kappa shape index (κ3) is 2.37. The average molecular weight is 246 g/mol. The van der Waals surface area contributed by atoms with Gasteiger partial charge in [0.2, 0.25) is 0 Å². The van der Waals surface area contributed by atoms with E-state index >= 15 is 0 Å². The van der Waals surface area contributed by atoms with Crippen molar-refractivity contribution in [3.8, 4) is 11.5 Å². The van der Waals surface area contributed by atoms with Crippen molar-refractivity contribution in [2.45, 2.75) is 6.42 Å². The van der Waals surface area contributed by atoms with Gasteiger partial charge in [-0.05, 0) is 17.7 Å². The second kappa shape index (κ2) is 4.96. The third-order valence-corrected chi connectivity index (χ3v) is 2.72. The van der Waals surface area contributed by atoms with Crippen LogP contribution < -0.4 is 9.47 Å². The number of hydrogen-bond donors (Lipinski definition) is 0. The second-order valence-corrected chi connectivity index (χ2v) is 3.88. The fourth-order valence-electron chi connectivity index (χ4n) is 1.80. The summed E-state index contributed by atoms with van der Waals surface area (Å²) in [5.74, 6) is 1.38. The Kier molecular flexibility index (Phi) is 3.37. The maximum Gasteiger partial charge on any atom is 0.336 e. The molecule has 0 radical (unpaired) electrons. The molecule has 0 unspecified atom stereocenters. The Morgan fingerprint density at radius 3 is 2.50 bits per heavy atom. The monoisotopic (exact) mass is 246 g/mol. The molecule has 0 amide bonds. The minimum atomic E-state index is -0.365. The fraction of sp³-hybridized carbons (Fsp3) is 0.214. The molecule has 4 nitrogen and oxygen atoms in total.